The van der Waals surface area contributed by atoms with Gasteiger partial charge >= 0.3 is 0 Å². The van der Waals surface area contributed by atoms with E-state index in [9.17, 15) is 4.79 Å². The Morgan fingerprint density at radius 3 is 2.39 bits per heavy atom. The van der Waals surface area contributed by atoms with Gasteiger partial charge in [0.15, 0.2) is 11.9 Å². The topological polar surface area (TPSA) is 67.8 Å². The number of amides is 1. The number of anilines is 1. The van der Waals surface area contributed by atoms with E-state index >= 15 is 0 Å². The number of halogens is 2. The third-order valence-electron chi connectivity index (χ3n) is 5.49. The number of piperazine rings is 1. The van der Waals surface area contributed by atoms with E-state index in [0.717, 1.165) is 22.8 Å². The van der Waals surface area contributed by atoms with Crippen LogP contribution in [0.1, 0.15) is 6.92 Å². The first kappa shape index (κ1) is 23.1. The molecule has 1 saturated heterocycles. The van der Waals surface area contributed by atoms with Crippen molar-refractivity contribution >= 4 is 34.9 Å². The minimum atomic E-state index is -0.657. The maximum Gasteiger partial charge on any atom is 0.263 e. The van der Waals surface area contributed by atoms with Crippen LogP contribution in [0.2, 0.25) is 10.0 Å². The molecule has 0 spiro atoms. The Morgan fingerprint density at radius 2 is 1.73 bits per heavy atom. The third-order valence-corrected chi connectivity index (χ3v) is 6.02. The molecule has 1 unspecified atom stereocenters. The molecule has 0 radical (unpaired) electrons. The predicted octanol–water partition coefficient (Wildman–Crippen LogP) is 4.58. The molecule has 0 saturated carbocycles. The van der Waals surface area contributed by atoms with Gasteiger partial charge in [0.05, 0.1) is 17.8 Å². The molecular formula is C24H24Cl2N4O3. The monoisotopic (exact) mass is 486 g/mol. The third kappa shape index (κ3) is 5.31. The number of hydrogen-bond acceptors (Lipinski definition) is 6. The normalized spacial score (nSPS) is 14.7. The fraction of sp³-hybridized carbons (Fsp3) is 0.292. The Balaban J connectivity index is 1.35. The molecule has 3 aromatic rings. The van der Waals surface area contributed by atoms with Crippen molar-refractivity contribution in [2.75, 3.05) is 38.2 Å². The van der Waals surface area contributed by atoms with Crippen LogP contribution in [0.5, 0.6) is 11.5 Å². The van der Waals surface area contributed by atoms with Crippen LogP contribution in [-0.2, 0) is 4.79 Å². The van der Waals surface area contributed by atoms with Gasteiger partial charge in [-0.25, -0.2) is 0 Å². The van der Waals surface area contributed by atoms with E-state index in [1.54, 1.807) is 37.1 Å². The number of carbonyl (C=O) groups excluding carboxylic acids is 1. The van der Waals surface area contributed by atoms with E-state index in [1.165, 1.54) is 0 Å². The fourth-order valence-corrected chi connectivity index (χ4v) is 4.17. The highest BCUT2D eigenvalue weighted by Gasteiger charge is 2.27. The summed E-state index contributed by atoms with van der Waals surface area (Å²) in [6, 6.07) is 16.5. The lowest BCUT2D eigenvalue weighted by atomic mass is 10.1. The molecule has 1 amide bonds. The molecule has 172 valence electrons. The van der Waals surface area contributed by atoms with Gasteiger partial charge in [0.25, 0.3) is 5.91 Å². The van der Waals surface area contributed by atoms with Gasteiger partial charge in [-0.15, -0.1) is 10.2 Å². The summed E-state index contributed by atoms with van der Waals surface area (Å²) >= 11 is 12.1. The summed E-state index contributed by atoms with van der Waals surface area (Å²) in [5, 5.41) is 9.67. The zero-order valence-corrected chi connectivity index (χ0v) is 19.9. The predicted molar refractivity (Wildman–Crippen MR) is 129 cm³/mol. The number of aromatic nitrogens is 2. The van der Waals surface area contributed by atoms with E-state index in [1.807, 2.05) is 36.4 Å². The van der Waals surface area contributed by atoms with Gasteiger partial charge in [-0.1, -0.05) is 35.3 Å². The Hall–Kier alpha value is -3.03. The quantitative estimate of drug-likeness (QED) is 0.508. The molecule has 7 nitrogen and oxygen atoms in total. The molecule has 4 rings (SSSR count). The van der Waals surface area contributed by atoms with Gasteiger partial charge in [0, 0.05) is 36.8 Å². The molecule has 9 heteroatoms. The molecule has 2 aromatic carbocycles. The van der Waals surface area contributed by atoms with Gasteiger partial charge in [0.2, 0.25) is 0 Å². The molecule has 1 aliphatic rings. The van der Waals surface area contributed by atoms with Crippen molar-refractivity contribution in [2.24, 2.45) is 0 Å². The van der Waals surface area contributed by atoms with Crippen molar-refractivity contribution in [3.63, 3.8) is 0 Å². The van der Waals surface area contributed by atoms with Gasteiger partial charge in [0.1, 0.15) is 11.5 Å². The average Bonchev–Trinajstić information content (AvgIpc) is 2.85. The van der Waals surface area contributed by atoms with E-state index < -0.39 is 6.10 Å². The zero-order valence-electron chi connectivity index (χ0n) is 18.4. The van der Waals surface area contributed by atoms with Crippen LogP contribution in [0.25, 0.3) is 11.3 Å². The molecule has 1 atom stereocenters. The Morgan fingerprint density at radius 1 is 0.970 bits per heavy atom. The number of ether oxygens (including phenoxy) is 2. The van der Waals surface area contributed by atoms with Crippen molar-refractivity contribution in [3.05, 3.63) is 64.6 Å². The van der Waals surface area contributed by atoms with Crippen LogP contribution in [-0.4, -0.2) is 60.4 Å². The number of carbonyl (C=O) groups is 1. The van der Waals surface area contributed by atoms with Crippen molar-refractivity contribution < 1.29 is 14.3 Å². The average molecular weight is 487 g/mol. The van der Waals surface area contributed by atoms with Crippen LogP contribution >= 0.6 is 23.2 Å². The summed E-state index contributed by atoms with van der Waals surface area (Å²) < 4.78 is 11.2. The molecule has 2 heterocycles. The molecular weight excluding hydrogens is 463 g/mol. The second kappa shape index (κ2) is 10.3. The summed E-state index contributed by atoms with van der Waals surface area (Å²) in [5.41, 5.74) is 1.64. The zero-order chi connectivity index (χ0) is 23.4. The summed E-state index contributed by atoms with van der Waals surface area (Å²) in [6.45, 7) is 4.17. The first-order valence-electron chi connectivity index (χ1n) is 10.6. The van der Waals surface area contributed by atoms with Crippen LogP contribution in [0.4, 0.5) is 5.82 Å². The fourth-order valence-electron chi connectivity index (χ4n) is 3.72. The Kier molecular flexibility index (Phi) is 7.20. The minimum absolute atomic E-state index is 0.0849. The maximum absolute atomic E-state index is 12.9. The van der Waals surface area contributed by atoms with Gasteiger partial charge in [-0.3, -0.25) is 4.79 Å². The summed E-state index contributed by atoms with van der Waals surface area (Å²) in [7, 11) is 1.64. The van der Waals surface area contributed by atoms with Crippen molar-refractivity contribution in [1.82, 2.24) is 15.1 Å². The van der Waals surface area contributed by atoms with Crippen LogP contribution in [0.3, 0.4) is 0 Å². The molecule has 1 aromatic heterocycles. The molecule has 0 aliphatic carbocycles. The van der Waals surface area contributed by atoms with Crippen molar-refractivity contribution in [1.29, 1.82) is 0 Å². The number of rotatable bonds is 6. The van der Waals surface area contributed by atoms with E-state index in [2.05, 4.69) is 15.1 Å². The second-order valence-electron chi connectivity index (χ2n) is 7.62. The lowest BCUT2D eigenvalue weighted by Gasteiger charge is -2.36. The highest BCUT2D eigenvalue weighted by Crippen LogP contribution is 2.29. The molecule has 33 heavy (non-hydrogen) atoms. The van der Waals surface area contributed by atoms with E-state index in [4.69, 9.17) is 32.7 Å². The van der Waals surface area contributed by atoms with E-state index in [0.29, 0.717) is 42.0 Å². The number of methoxy groups -OCH3 is 1. The number of benzene rings is 2. The van der Waals surface area contributed by atoms with Gasteiger partial charge < -0.3 is 19.3 Å². The second-order valence-corrected chi connectivity index (χ2v) is 8.47. The molecule has 1 aliphatic heterocycles. The lowest BCUT2D eigenvalue weighted by molar-refractivity contribution is -0.138. The summed E-state index contributed by atoms with van der Waals surface area (Å²) in [6.07, 6.45) is -0.657. The first-order chi connectivity index (χ1) is 16.0. The van der Waals surface area contributed by atoms with Gasteiger partial charge in [-0.2, -0.15) is 0 Å². The largest absolute Gasteiger partial charge is 0.496 e. The van der Waals surface area contributed by atoms with Crippen molar-refractivity contribution in [3.8, 4) is 22.8 Å². The first-order valence-corrected chi connectivity index (χ1v) is 11.3. The standard InChI is InChI=1S/C24H24Cl2N4O3/c1-16(33-22-9-7-17(25)15-19(22)26)24(31)30-13-11-29(12-14-30)23-10-8-20(27-28-23)18-5-3-4-6-21(18)32-2/h3-10,15-16H,11-14H2,1-2H3. The number of nitrogens with zero attached hydrogens (tertiary/aromatic N) is 4. The lowest BCUT2D eigenvalue weighted by Crippen LogP contribution is -2.52. The number of para-hydroxylation sites is 1. The van der Waals surface area contributed by atoms with Crippen LogP contribution in [0.15, 0.2) is 54.6 Å². The summed E-state index contributed by atoms with van der Waals surface area (Å²) in [4.78, 5) is 16.8. The molecule has 0 N–H and O–H groups in total. The van der Waals surface area contributed by atoms with E-state index in [-0.39, 0.29) is 5.91 Å². The summed E-state index contributed by atoms with van der Waals surface area (Å²) in [5.74, 6) is 1.88. The smallest absolute Gasteiger partial charge is 0.263 e. The van der Waals surface area contributed by atoms with Gasteiger partial charge in [-0.05, 0) is 49.4 Å². The van der Waals surface area contributed by atoms with Crippen LogP contribution in [0, 0.1) is 0 Å². The number of hydrogen-bond donors (Lipinski definition) is 0. The van der Waals surface area contributed by atoms with Crippen LogP contribution < -0.4 is 14.4 Å². The van der Waals surface area contributed by atoms with Crippen molar-refractivity contribution in [2.45, 2.75) is 13.0 Å². The minimum Gasteiger partial charge on any atom is -0.496 e. The SMILES string of the molecule is COc1ccccc1-c1ccc(N2CCN(C(=O)C(C)Oc3ccc(Cl)cc3Cl)CC2)nn1. The Labute approximate surface area is 202 Å². The highest BCUT2D eigenvalue weighted by atomic mass is 35.5. The molecule has 1 fully saturated rings. The maximum atomic E-state index is 12.9. The molecule has 0 bridgehead atoms. The highest BCUT2D eigenvalue weighted by molar-refractivity contribution is 6.35. The Bertz CT molecular complexity index is 1120.